The van der Waals surface area contributed by atoms with Crippen LogP contribution in [0.3, 0.4) is 0 Å². The predicted octanol–water partition coefficient (Wildman–Crippen LogP) is 1.53. The minimum absolute atomic E-state index is 0.188. The van der Waals surface area contributed by atoms with Gasteiger partial charge < -0.3 is 5.32 Å². The van der Waals surface area contributed by atoms with Crippen LogP contribution in [0.5, 0.6) is 0 Å². The molecule has 1 saturated heterocycles. The number of carbonyl (C=O) groups excluding carboxylic acids is 1. The molecule has 1 aliphatic heterocycles. The van der Waals surface area contributed by atoms with E-state index in [2.05, 4.69) is 15.3 Å². The number of carbonyl (C=O) groups is 1. The van der Waals surface area contributed by atoms with Crippen molar-refractivity contribution in [1.82, 2.24) is 19.6 Å². The summed E-state index contributed by atoms with van der Waals surface area (Å²) in [4.78, 5) is 20.6. The molecule has 1 aliphatic rings. The third kappa shape index (κ3) is 4.55. The van der Waals surface area contributed by atoms with E-state index in [-0.39, 0.29) is 11.2 Å². The number of sulfonamides is 1. The van der Waals surface area contributed by atoms with Crippen LogP contribution < -0.4 is 5.32 Å². The fraction of sp³-hybridized carbons (Fsp3) is 0.706. The molecule has 1 aromatic heterocycles. The molecule has 1 amide bonds. The molecular formula is C17H28N4O3S. The van der Waals surface area contributed by atoms with Crippen LogP contribution in [-0.2, 0) is 16.4 Å². The molecule has 0 aliphatic carbocycles. The fourth-order valence-electron chi connectivity index (χ4n) is 3.10. The van der Waals surface area contributed by atoms with Gasteiger partial charge in [-0.25, -0.2) is 22.7 Å². The fourth-order valence-corrected chi connectivity index (χ4v) is 4.75. The van der Waals surface area contributed by atoms with Crippen LogP contribution >= 0.6 is 0 Å². The number of amides is 1. The summed E-state index contributed by atoms with van der Waals surface area (Å²) in [5.41, 5.74) is 1.25. The Morgan fingerprint density at radius 1 is 1.40 bits per heavy atom. The Kier molecular flexibility index (Phi) is 6.51. The Morgan fingerprint density at radius 2 is 2.04 bits per heavy atom. The van der Waals surface area contributed by atoms with Crippen molar-refractivity contribution < 1.29 is 13.2 Å². The van der Waals surface area contributed by atoms with Gasteiger partial charge in [-0.05, 0) is 45.4 Å². The first-order chi connectivity index (χ1) is 11.8. The molecule has 140 valence electrons. The van der Waals surface area contributed by atoms with Gasteiger partial charge in [0, 0.05) is 26.3 Å². The Hall–Kier alpha value is -1.54. The molecule has 1 fully saturated rings. The van der Waals surface area contributed by atoms with E-state index in [1.54, 1.807) is 31.4 Å². The lowest BCUT2D eigenvalue weighted by atomic mass is 9.91. The van der Waals surface area contributed by atoms with Gasteiger partial charge >= 0.3 is 0 Å². The quantitative estimate of drug-likeness (QED) is 0.822. The van der Waals surface area contributed by atoms with E-state index < -0.39 is 10.0 Å². The molecule has 7 nitrogen and oxygen atoms in total. The number of nitrogens with zero attached hydrogens (tertiary/aromatic N) is 3. The van der Waals surface area contributed by atoms with Crippen molar-refractivity contribution in [1.29, 1.82) is 0 Å². The molecule has 1 unspecified atom stereocenters. The topological polar surface area (TPSA) is 92.3 Å². The number of hydrogen-bond donors (Lipinski definition) is 1. The minimum atomic E-state index is -3.20. The zero-order chi connectivity index (χ0) is 18.6. The Balaban J connectivity index is 2.06. The van der Waals surface area contributed by atoms with Gasteiger partial charge in [0.15, 0.2) is 0 Å². The van der Waals surface area contributed by atoms with E-state index >= 15 is 0 Å². The highest BCUT2D eigenvalue weighted by Crippen LogP contribution is 2.25. The lowest BCUT2D eigenvalue weighted by molar-refractivity contribution is 0.0961. The van der Waals surface area contributed by atoms with E-state index in [4.69, 9.17) is 0 Å². The van der Waals surface area contributed by atoms with Crippen LogP contribution in [0.2, 0.25) is 0 Å². The van der Waals surface area contributed by atoms with E-state index in [0.29, 0.717) is 43.2 Å². The number of rotatable bonds is 6. The number of nitrogens with one attached hydrogen (secondary N) is 1. The Bertz CT molecular complexity index is 713. The number of aromatic nitrogens is 2. The summed E-state index contributed by atoms with van der Waals surface area (Å²) in [5.74, 6) is 0.771. The molecular weight excluding hydrogens is 340 g/mol. The number of hydrogen-bond acceptors (Lipinski definition) is 5. The molecule has 0 bridgehead atoms. The van der Waals surface area contributed by atoms with Gasteiger partial charge in [-0.2, -0.15) is 0 Å². The summed E-state index contributed by atoms with van der Waals surface area (Å²) in [6, 6.07) is 0. The van der Waals surface area contributed by atoms with Gasteiger partial charge in [-0.1, -0.05) is 6.92 Å². The molecule has 2 heterocycles. The highest BCUT2D eigenvalue weighted by Gasteiger charge is 2.31. The molecule has 0 aromatic carbocycles. The zero-order valence-corrected chi connectivity index (χ0v) is 16.3. The van der Waals surface area contributed by atoms with E-state index in [9.17, 15) is 13.2 Å². The Morgan fingerprint density at radius 3 is 2.60 bits per heavy atom. The normalized spacial score (nSPS) is 18.1. The lowest BCUT2D eigenvalue weighted by Gasteiger charge is -2.33. The van der Waals surface area contributed by atoms with Crippen LogP contribution in [0.15, 0.2) is 6.20 Å². The van der Waals surface area contributed by atoms with Gasteiger partial charge in [0.1, 0.15) is 5.82 Å². The van der Waals surface area contributed by atoms with Gasteiger partial charge in [0.2, 0.25) is 10.0 Å². The van der Waals surface area contributed by atoms with Crippen molar-refractivity contribution in [3.8, 4) is 0 Å². The minimum Gasteiger partial charge on any atom is -0.355 e. The van der Waals surface area contributed by atoms with E-state index in [1.807, 2.05) is 6.92 Å². The average molecular weight is 369 g/mol. The molecule has 25 heavy (non-hydrogen) atoms. The second-order valence-electron chi connectivity index (χ2n) is 6.67. The second kappa shape index (κ2) is 8.23. The SMILES string of the molecule is CCC(C)S(=O)(=O)N1CCC(Cc2nc(C)ncc2C(=O)NC)CC1. The zero-order valence-electron chi connectivity index (χ0n) is 15.4. The van der Waals surface area contributed by atoms with Crippen molar-refractivity contribution in [2.75, 3.05) is 20.1 Å². The molecule has 1 N–H and O–H groups in total. The standard InChI is InChI=1S/C17H28N4O3S/c1-5-12(2)25(23,24)21-8-6-14(7-9-21)10-16-15(17(22)18-4)11-19-13(3)20-16/h11-12,14H,5-10H2,1-4H3,(H,18,22). The highest BCUT2D eigenvalue weighted by atomic mass is 32.2. The third-order valence-electron chi connectivity index (χ3n) is 4.96. The maximum Gasteiger partial charge on any atom is 0.254 e. The van der Waals surface area contributed by atoms with Gasteiger partial charge in [-0.15, -0.1) is 0 Å². The first-order valence-corrected chi connectivity index (χ1v) is 10.3. The van der Waals surface area contributed by atoms with Crippen molar-refractivity contribution in [2.45, 2.75) is 51.7 Å². The monoisotopic (exact) mass is 368 g/mol. The number of piperidine rings is 1. The first-order valence-electron chi connectivity index (χ1n) is 8.83. The summed E-state index contributed by atoms with van der Waals surface area (Å²) in [5, 5.41) is 2.28. The predicted molar refractivity (Wildman–Crippen MR) is 96.8 cm³/mol. The summed E-state index contributed by atoms with van der Waals surface area (Å²) in [7, 11) is -1.61. The second-order valence-corrected chi connectivity index (χ2v) is 9.02. The highest BCUT2D eigenvalue weighted by molar-refractivity contribution is 7.89. The maximum absolute atomic E-state index is 12.5. The molecule has 0 radical (unpaired) electrons. The largest absolute Gasteiger partial charge is 0.355 e. The van der Waals surface area contributed by atoms with Gasteiger partial charge in [-0.3, -0.25) is 4.79 Å². The van der Waals surface area contributed by atoms with Crippen LogP contribution in [0.4, 0.5) is 0 Å². The molecule has 0 spiro atoms. The molecule has 1 aromatic rings. The van der Waals surface area contributed by atoms with Crippen molar-refractivity contribution in [3.63, 3.8) is 0 Å². The summed E-state index contributed by atoms with van der Waals surface area (Å²) in [6.07, 6.45) is 4.43. The number of aryl methyl sites for hydroxylation is 1. The summed E-state index contributed by atoms with van der Waals surface area (Å²) in [6.45, 7) is 6.54. The summed E-state index contributed by atoms with van der Waals surface area (Å²) < 4.78 is 26.5. The van der Waals surface area contributed by atoms with Gasteiger partial charge in [0.25, 0.3) is 5.91 Å². The first kappa shape index (κ1) is 19.8. The third-order valence-corrected chi connectivity index (χ3v) is 7.39. The molecule has 0 saturated carbocycles. The lowest BCUT2D eigenvalue weighted by Crippen LogP contribution is -2.42. The van der Waals surface area contributed by atoms with Crippen LogP contribution in [-0.4, -0.2) is 54.0 Å². The van der Waals surface area contributed by atoms with Crippen molar-refractivity contribution in [3.05, 3.63) is 23.3 Å². The van der Waals surface area contributed by atoms with Crippen molar-refractivity contribution >= 4 is 15.9 Å². The van der Waals surface area contributed by atoms with Crippen molar-refractivity contribution in [2.24, 2.45) is 5.92 Å². The Labute approximate surface area is 150 Å². The van der Waals surface area contributed by atoms with Crippen LogP contribution in [0, 0.1) is 12.8 Å². The average Bonchev–Trinajstić information content (AvgIpc) is 2.61. The molecule has 8 heteroatoms. The van der Waals surface area contributed by atoms with E-state index in [0.717, 1.165) is 18.5 Å². The van der Waals surface area contributed by atoms with Crippen LogP contribution in [0.25, 0.3) is 0 Å². The molecule has 1 atom stereocenters. The smallest absolute Gasteiger partial charge is 0.254 e. The van der Waals surface area contributed by atoms with E-state index in [1.165, 1.54) is 0 Å². The summed E-state index contributed by atoms with van der Waals surface area (Å²) >= 11 is 0. The molecule has 2 rings (SSSR count). The van der Waals surface area contributed by atoms with Gasteiger partial charge in [0.05, 0.1) is 16.5 Å². The maximum atomic E-state index is 12.5. The van der Waals surface area contributed by atoms with Crippen LogP contribution in [0.1, 0.15) is 55.0 Å².